The number of hydrogen-bond acceptors (Lipinski definition) is 2. The van der Waals surface area contributed by atoms with Gasteiger partial charge in [0, 0.05) is 17.8 Å². The van der Waals surface area contributed by atoms with Gasteiger partial charge in [0.1, 0.15) is 0 Å². The number of aliphatic imine (C=N–C) groups is 1. The van der Waals surface area contributed by atoms with Crippen LogP contribution in [0.1, 0.15) is 40.4 Å². The van der Waals surface area contributed by atoms with Crippen LogP contribution in [-0.2, 0) is 6.54 Å². The number of guanidine groups is 1. The minimum atomic E-state index is -0.0611. The van der Waals surface area contributed by atoms with Crippen molar-refractivity contribution in [2.75, 3.05) is 11.9 Å². The third-order valence-corrected chi connectivity index (χ3v) is 3.65. The molecule has 0 heterocycles. The first-order chi connectivity index (χ1) is 12.0. The van der Waals surface area contributed by atoms with Crippen LogP contribution in [0.5, 0.6) is 0 Å². The molecular formula is C20H26N4O. The zero-order valence-corrected chi connectivity index (χ0v) is 15.1. The van der Waals surface area contributed by atoms with E-state index in [4.69, 9.17) is 5.73 Å². The first-order valence-corrected chi connectivity index (χ1v) is 8.50. The molecule has 0 radical (unpaired) electrons. The summed E-state index contributed by atoms with van der Waals surface area (Å²) in [4.78, 5) is 16.4. The Labute approximate surface area is 149 Å². The highest BCUT2D eigenvalue weighted by Gasteiger charge is 2.05. The lowest BCUT2D eigenvalue weighted by Crippen LogP contribution is -2.24. The van der Waals surface area contributed by atoms with Crippen molar-refractivity contribution in [3.8, 4) is 0 Å². The summed E-state index contributed by atoms with van der Waals surface area (Å²) in [5, 5.41) is 5.98. The van der Waals surface area contributed by atoms with Crippen LogP contribution in [0.25, 0.3) is 0 Å². The molecule has 0 aliphatic rings. The number of rotatable bonds is 6. The second-order valence-corrected chi connectivity index (χ2v) is 6.16. The maximum Gasteiger partial charge on any atom is 0.251 e. The van der Waals surface area contributed by atoms with E-state index in [1.807, 2.05) is 51.1 Å². The zero-order chi connectivity index (χ0) is 18.2. The van der Waals surface area contributed by atoms with Gasteiger partial charge in [0.15, 0.2) is 5.96 Å². The highest BCUT2D eigenvalue weighted by Crippen LogP contribution is 2.13. The Morgan fingerprint density at radius 2 is 1.84 bits per heavy atom. The Bertz CT molecular complexity index is 748. The van der Waals surface area contributed by atoms with Crippen molar-refractivity contribution < 1.29 is 4.79 Å². The molecule has 0 unspecified atom stereocenters. The summed E-state index contributed by atoms with van der Waals surface area (Å²) in [5.74, 6) is 0.292. The van der Waals surface area contributed by atoms with E-state index in [9.17, 15) is 4.79 Å². The lowest BCUT2D eigenvalue weighted by Gasteiger charge is -2.08. The summed E-state index contributed by atoms with van der Waals surface area (Å²) in [6.45, 7) is 7.20. The number of carbonyl (C=O) groups is 1. The van der Waals surface area contributed by atoms with Gasteiger partial charge in [-0.25, -0.2) is 4.99 Å². The molecule has 132 valence electrons. The lowest BCUT2D eigenvalue weighted by atomic mass is 10.1. The number of benzene rings is 2. The molecule has 0 bridgehead atoms. The molecular weight excluding hydrogens is 312 g/mol. The van der Waals surface area contributed by atoms with Crippen molar-refractivity contribution in [2.24, 2.45) is 10.7 Å². The number of amides is 1. The summed E-state index contributed by atoms with van der Waals surface area (Å²) in [7, 11) is 0. The highest BCUT2D eigenvalue weighted by atomic mass is 16.1. The second-order valence-electron chi connectivity index (χ2n) is 6.16. The minimum Gasteiger partial charge on any atom is -0.370 e. The number of nitrogens with two attached hydrogens (primary N) is 1. The third-order valence-electron chi connectivity index (χ3n) is 3.65. The minimum absolute atomic E-state index is 0.0611. The van der Waals surface area contributed by atoms with Gasteiger partial charge in [-0.1, -0.05) is 25.1 Å². The van der Waals surface area contributed by atoms with Crippen LogP contribution in [-0.4, -0.2) is 18.4 Å². The Morgan fingerprint density at radius 1 is 1.12 bits per heavy atom. The average Bonchev–Trinajstić information content (AvgIpc) is 2.57. The molecule has 5 nitrogen and oxygen atoms in total. The van der Waals surface area contributed by atoms with Crippen LogP contribution in [0.2, 0.25) is 0 Å². The van der Waals surface area contributed by atoms with Gasteiger partial charge in [-0.2, -0.15) is 0 Å². The van der Waals surface area contributed by atoms with Crippen molar-refractivity contribution in [2.45, 2.75) is 33.7 Å². The third kappa shape index (κ3) is 5.95. The van der Waals surface area contributed by atoms with E-state index >= 15 is 0 Å². The van der Waals surface area contributed by atoms with Gasteiger partial charge in [-0.15, -0.1) is 0 Å². The van der Waals surface area contributed by atoms with E-state index < -0.39 is 0 Å². The molecule has 25 heavy (non-hydrogen) atoms. The Kier molecular flexibility index (Phi) is 6.57. The number of anilines is 1. The molecule has 0 atom stereocenters. The first kappa shape index (κ1) is 18.5. The Balaban J connectivity index is 2.01. The molecule has 5 heteroatoms. The van der Waals surface area contributed by atoms with Crippen molar-refractivity contribution >= 4 is 17.6 Å². The van der Waals surface area contributed by atoms with Crippen molar-refractivity contribution in [1.29, 1.82) is 0 Å². The van der Waals surface area contributed by atoms with Crippen LogP contribution in [0.4, 0.5) is 5.69 Å². The van der Waals surface area contributed by atoms with Crippen LogP contribution >= 0.6 is 0 Å². The Hall–Kier alpha value is -2.82. The molecule has 2 rings (SSSR count). The molecule has 2 aromatic carbocycles. The fourth-order valence-electron chi connectivity index (χ4n) is 2.56. The number of nitrogens with one attached hydrogen (secondary N) is 2. The van der Waals surface area contributed by atoms with E-state index in [0.29, 0.717) is 24.6 Å². The molecule has 2 aromatic rings. The average molecular weight is 338 g/mol. The molecule has 0 aromatic heterocycles. The van der Waals surface area contributed by atoms with E-state index in [-0.39, 0.29) is 5.91 Å². The number of carbonyl (C=O) groups excluding carboxylic acids is 1. The van der Waals surface area contributed by atoms with E-state index in [2.05, 4.69) is 21.7 Å². The molecule has 0 spiro atoms. The predicted octanol–water partition coefficient (Wildman–Crippen LogP) is 3.37. The van der Waals surface area contributed by atoms with Crippen molar-refractivity contribution in [1.82, 2.24) is 5.32 Å². The largest absolute Gasteiger partial charge is 0.370 e. The van der Waals surface area contributed by atoms with Crippen molar-refractivity contribution in [3.63, 3.8) is 0 Å². The topological polar surface area (TPSA) is 79.5 Å². The molecule has 0 aliphatic carbocycles. The normalized spacial score (nSPS) is 11.2. The maximum atomic E-state index is 12.0. The van der Waals surface area contributed by atoms with Crippen LogP contribution < -0.4 is 16.4 Å². The van der Waals surface area contributed by atoms with Crippen LogP contribution in [0.3, 0.4) is 0 Å². The number of hydrogen-bond donors (Lipinski definition) is 3. The highest BCUT2D eigenvalue weighted by molar-refractivity contribution is 5.94. The van der Waals surface area contributed by atoms with Gasteiger partial charge in [0.2, 0.25) is 0 Å². The first-order valence-electron chi connectivity index (χ1n) is 8.50. The standard InChI is InChI=1S/C20H26N4O/c1-4-8-22-19(25)17-7-5-6-16(12-17)13-23-20(21)24-18-10-14(2)9-15(3)11-18/h5-7,9-12H,4,8,13H2,1-3H3,(H,22,25)(H3,21,23,24). The SMILES string of the molecule is CCCNC(=O)c1cccc(CN=C(N)Nc2cc(C)cc(C)c2)c1. The van der Waals surface area contributed by atoms with Gasteiger partial charge in [-0.3, -0.25) is 4.79 Å². The summed E-state index contributed by atoms with van der Waals surface area (Å²) < 4.78 is 0. The Morgan fingerprint density at radius 3 is 2.52 bits per heavy atom. The summed E-state index contributed by atoms with van der Waals surface area (Å²) in [5.41, 5.74) is 10.8. The summed E-state index contributed by atoms with van der Waals surface area (Å²) in [6, 6.07) is 13.6. The molecule has 1 amide bonds. The van der Waals surface area contributed by atoms with Crippen LogP contribution in [0.15, 0.2) is 47.5 Å². The monoisotopic (exact) mass is 338 g/mol. The second kappa shape index (κ2) is 8.87. The molecule has 0 saturated heterocycles. The fourth-order valence-corrected chi connectivity index (χ4v) is 2.56. The number of aryl methyl sites for hydroxylation is 2. The van der Waals surface area contributed by atoms with Gasteiger partial charge in [-0.05, 0) is 61.2 Å². The lowest BCUT2D eigenvalue weighted by molar-refractivity contribution is 0.0953. The van der Waals surface area contributed by atoms with Gasteiger partial charge < -0.3 is 16.4 Å². The van der Waals surface area contributed by atoms with Crippen molar-refractivity contribution in [3.05, 3.63) is 64.7 Å². The molecule has 0 fully saturated rings. The zero-order valence-electron chi connectivity index (χ0n) is 15.1. The quantitative estimate of drug-likeness (QED) is 0.558. The van der Waals surface area contributed by atoms with Gasteiger partial charge in [0.05, 0.1) is 6.54 Å². The molecule has 0 saturated carbocycles. The summed E-state index contributed by atoms with van der Waals surface area (Å²) >= 11 is 0. The molecule has 0 aliphatic heterocycles. The predicted molar refractivity (Wildman–Crippen MR) is 104 cm³/mol. The van der Waals surface area contributed by atoms with Crippen LogP contribution in [0, 0.1) is 13.8 Å². The van der Waals surface area contributed by atoms with E-state index in [1.165, 1.54) is 11.1 Å². The summed E-state index contributed by atoms with van der Waals surface area (Å²) in [6.07, 6.45) is 0.913. The maximum absolute atomic E-state index is 12.0. The van der Waals surface area contributed by atoms with E-state index in [0.717, 1.165) is 17.7 Å². The number of nitrogens with zero attached hydrogens (tertiary/aromatic N) is 1. The fraction of sp³-hybridized carbons (Fsp3) is 0.300. The van der Waals surface area contributed by atoms with E-state index in [1.54, 1.807) is 6.07 Å². The molecule has 4 N–H and O–H groups in total. The van der Waals surface area contributed by atoms with Gasteiger partial charge in [0.25, 0.3) is 5.91 Å². The van der Waals surface area contributed by atoms with Gasteiger partial charge >= 0.3 is 0 Å². The smallest absolute Gasteiger partial charge is 0.251 e.